The molecule has 0 aliphatic rings. The topological polar surface area (TPSA) is 26.3 Å². The summed E-state index contributed by atoms with van der Waals surface area (Å²) in [5, 5.41) is 0. The first kappa shape index (κ1) is 45.5. The number of rotatable bonds is 38. The quantitative estimate of drug-likeness (QED) is 0.0492. The van der Waals surface area contributed by atoms with Crippen LogP contribution in [0.15, 0.2) is 0 Å². The van der Waals surface area contributed by atoms with Crippen LogP contribution in [0.1, 0.15) is 259 Å². The Morgan fingerprint density at radius 1 is 0.348 bits per heavy atom. The molecule has 3 unspecified atom stereocenters. The number of hydrogen-bond donors (Lipinski definition) is 0. The minimum Gasteiger partial charge on any atom is -0.462 e. The Morgan fingerprint density at radius 2 is 0.609 bits per heavy atom. The molecule has 0 saturated carbocycles. The van der Waals surface area contributed by atoms with Crippen molar-refractivity contribution >= 4 is 5.97 Å². The van der Waals surface area contributed by atoms with E-state index in [2.05, 4.69) is 34.6 Å². The van der Waals surface area contributed by atoms with E-state index in [0.717, 1.165) is 19.3 Å². The highest BCUT2D eigenvalue weighted by Crippen LogP contribution is 2.32. The second kappa shape index (κ2) is 37.3. The highest BCUT2D eigenvalue weighted by Gasteiger charge is 2.30. The van der Waals surface area contributed by atoms with Gasteiger partial charge in [-0.05, 0) is 50.9 Å². The van der Waals surface area contributed by atoms with Gasteiger partial charge in [-0.25, -0.2) is 0 Å². The van der Waals surface area contributed by atoms with Crippen molar-refractivity contribution in [3.63, 3.8) is 0 Å². The third kappa shape index (κ3) is 29.6. The minimum absolute atomic E-state index is 0.119. The first-order chi connectivity index (χ1) is 22.6. The third-order valence-electron chi connectivity index (χ3n) is 10.6. The van der Waals surface area contributed by atoms with Crippen LogP contribution in [0.3, 0.4) is 0 Å². The lowest BCUT2D eigenvalue weighted by molar-refractivity contribution is -0.157. The average molecular weight is 649 g/mol. The van der Waals surface area contributed by atoms with Gasteiger partial charge < -0.3 is 4.74 Å². The van der Waals surface area contributed by atoms with Gasteiger partial charge in [0.1, 0.15) is 6.10 Å². The molecule has 0 aliphatic heterocycles. The monoisotopic (exact) mass is 649 g/mol. The summed E-state index contributed by atoms with van der Waals surface area (Å²) in [4.78, 5) is 14.2. The standard InChI is InChI=1S/C44H88O2/c1-6-11-16-21-24-27-30-35-40-43(41(36-31-19-14-9-4)37-32-28-25-22-17-12-7-2)44(45)46-42(38-33-20-15-10-5)39-34-29-26-23-18-13-8-3/h41-43H,6-40H2,1-5H3. The smallest absolute Gasteiger partial charge is 0.309 e. The van der Waals surface area contributed by atoms with Gasteiger partial charge in [0, 0.05) is 0 Å². The molecule has 46 heavy (non-hydrogen) atoms. The molecule has 0 aromatic rings. The Balaban J connectivity index is 5.41. The van der Waals surface area contributed by atoms with Crippen LogP contribution in [0, 0.1) is 11.8 Å². The van der Waals surface area contributed by atoms with Gasteiger partial charge in [0.25, 0.3) is 0 Å². The zero-order valence-electron chi connectivity index (χ0n) is 32.8. The molecule has 0 aromatic carbocycles. The highest BCUT2D eigenvalue weighted by atomic mass is 16.5. The maximum absolute atomic E-state index is 14.2. The largest absolute Gasteiger partial charge is 0.462 e. The Morgan fingerprint density at radius 3 is 0.957 bits per heavy atom. The fourth-order valence-electron chi connectivity index (χ4n) is 7.43. The van der Waals surface area contributed by atoms with E-state index in [1.54, 1.807) is 0 Å². The molecule has 0 aliphatic carbocycles. The maximum atomic E-state index is 14.2. The van der Waals surface area contributed by atoms with Gasteiger partial charge in [0.15, 0.2) is 0 Å². The van der Waals surface area contributed by atoms with Crippen LogP contribution >= 0.6 is 0 Å². The van der Waals surface area contributed by atoms with Gasteiger partial charge in [0.05, 0.1) is 5.92 Å². The van der Waals surface area contributed by atoms with Crippen LogP contribution < -0.4 is 0 Å². The summed E-state index contributed by atoms with van der Waals surface area (Å²) in [5.41, 5.74) is 0. The predicted molar refractivity (Wildman–Crippen MR) is 207 cm³/mol. The zero-order valence-corrected chi connectivity index (χ0v) is 32.8. The van der Waals surface area contributed by atoms with E-state index in [4.69, 9.17) is 4.74 Å². The van der Waals surface area contributed by atoms with Gasteiger partial charge in [-0.15, -0.1) is 0 Å². The predicted octanol–water partition coefficient (Wildman–Crippen LogP) is 15.9. The molecule has 3 atom stereocenters. The van der Waals surface area contributed by atoms with Gasteiger partial charge in [-0.2, -0.15) is 0 Å². The Labute approximate surface area is 292 Å². The van der Waals surface area contributed by atoms with Crippen LogP contribution in [0.2, 0.25) is 0 Å². The second-order valence-electron chi connectivity index (χ2n) is 15.2. The summed E-state index contributed by atoms with van der Waals surface area (Å²) in [6.45, 7) is 11.5. The normalized spacial score (nSPS) is 13.6. The number of carbonyl (C=O) groups is 1. The first-order valence-electron chi connectivity index (χ1n) is 21.8. The number of esters is 1. The molecule has 0 amide bonds. The van der Waals surface area contributed by atoms with E-state index >= 15 is 0 Å². The van der Waals surface area contributed by atoms with Crippen molar-refractivity contribution in [1.82, 2.24) is 0 Å². The van der Waals surface area contributed by atoms with E-state index < -0.39 is 0 Å². The van der Waals surface area contributed by atoms with Gasteiger partial charge in [-0.3, -0.25) is 4.79 Å². The molecule has 0 radical (unpaired) electrons. The molecular weight excluding hydrogens is 560 g/mol. The fourth-order valence-corrected chi connectivity index (χ4v) is 7.43. The molecule has 0 saturated heterocycles. The van der Waals surface area contributed by atoms with E-state index in [1.807, 2.05) is 0 Å². The molecular formula is C44H88O2. The van der Waals surface area contributed by atoms with Crippen molar-refractivity contribution in [1.29, 1.82) is 0 Å². The molecule has 0 aromatic heterocycles. The molecule has 0 spiro atoms. The summed E-state index contributed by atoms with van der Waals surface area (Å²) in [5.74, 6) is 0.827. The van der Waals surface area contributed by atoms with Gasteiger partial charge in [0.2, 0.25) is 0 Å². The lowest BCUT2D eigenvalue weighted by Gasteiger charge is -2.29. The zero-order chi connectivity index (χ0) is 33.8. The number of ether oxygens (including phenoxy) is 1. The van der Waals surface area contributed by atoms with Crippen LogP contribution in [0.5, 0.6) is 0 Å². The number of hydrogen-bond acceptors (Lipinski definition) is 2. The van der Waals surface area contributed by atoms with Crippen LogP contribution in [-0.4, -0.2) is 12.1 Å². The number of carbonyl (C=O) groups excluding carboxylic acids is 1. The van der Waals surface area contributed by atoms with Crippen LogP contribution in [0.4, 0.5) is 0 Å². The molecule has 276 valence electrons. The Hall–Kier alpha value is -0.530. The molecule has 0 rings (SSSR count). The van der Waals surface area contributed by atoms with Gasteiger partial charge >= 0.3 is 5.97 Å². The molecule has 0 N–H and O–H groups in total. The van der Waals surface area contributed by atoms with E-state index in [1.165, 1.54) is 205 Å². The van der Waals surface area contributed by atoms with E-state index in [-0.39, 0.29) is 18.0 Å². The van der Waals surface area contributed by atoms with Gasteiger partial charge in [-0.1, -0.05) is 214 Å². The summed E-state index contributed by atoms with van der Waals surface area (Å²) in [7, 11) is 0. The van der Waals surface area contributed by atoms with Crippen LogP contribution in [-0.2, 0) is 9.53 Å². The van der Waals surface area contributed by atoms with Crippen molar-refractivity contribution in [2.45, 2.75) is 265 Å². The summed E-state index contributed by atoms with van der Waals surface area (Å²) < 4.78 is 6.60. The van der Waals surface area contributed by atoms with Crippen molar-refractivity contribution in [3.8, 4) is 0 Å². The Bertz CT molecular complexity index is 586. The molecule has 2 nitrogen and oxygen atoms in total. The average Bonchev–Trinajstić information content (AvgIpc) is 3.06. The molecule has 0 bridgehead atoms. The molecule has 0 fully saturated rings. The highest BCUT2D eigenvalue weighted by molar-refractivity contribution is 5.73. The Kier molecular flexibility index (Phi) is 36.9. The number of unbranched alkanes of at least 4 members (excludes halogenated alkanes) is 25. The van der Waals surface area contributed by atoms with Crippen molar-refractivity contribution in [2.24, 2.45) is 11.8 Å². The van der Waals surface area contributed by atoms with Crippen molar-refractivity contribution in [3.05, 3.63) is 0 Å². The molecule has 0 heterocycles. The van der Waals surface area contributed by atoms with E-state index in [0.29, 0.717) is 5.92 Å². The summed E-state index contributed by atoms with van der Waals surface area (Å²) in [6, 6.07) is 0. The van der Waals surface area contributed by atoms with Crippen molar-refractivity contribution in [2.75, 3.05) is 0 Å². The van der Waals surface area contributed by atoms with E-state index in [9.17, 15) is 4.79 Å². The summed E-state index contributed by atoms with van der Waals surface area (Å²) in [6.07, 6.45) is 45.5. The minimum atomic E-state index is 0.119. The molecule has 2 heteroatoms. The second-order valence-corrected chi connectivity index (χ2v) is 15.2. The summed E-state index contributed by atoms with van der Waals surface area (Å²) >= 11 is 0. The maximum Gasteiger partial charge on any atom is 0.309 e. The fraction of sp³-hybridized carbons (Fsp3) is 0.977. The third-order valence-corrected chi connectivity index (χ3v) is 10.6. The van der Waals surface area contributed by atoms with Crippen molar-refractivity contribution < 1.29 is 9.53 Å². The lowest BCUT2D eigenvalue weighted by Crippen LogP contribution is -2.30. The SMILES string of the molecule is CCCCCCCCCCC(C(=O)OC(CCCCCC)CCCCCCCCC)C(CCCCCC)CCCCCCCCC. The first-order valence-corrected chi connectivity index (χ1v) is 21.8. The van der Waals surface area contributed by atoms with Crippen LogP contribution in [0.25, 0.3) is 0 Å². The lowest BCUT2D eigenvalue weighted by atomic mass is 9.80.